The summed E-state index contributed by atoms with van der Waals surface area (Å²) in [4.78, 5) is 0. The first kappa shape index (κ1) is 85.5. The van der Waals surface area contributed by atoms with Crippen LogP contribution >= 0.6 is 11.8 Å². The zero-order valence-electron chi connectivity index (χ0n) is 46.9. The number of alkyl halides is 4. The summed E-state index contributed by atoms with van der Waals surface area (Å²) in [6, 6.07) is 27.5. The molecule has 0 amide bonds. The second-order valence-corrected chi connectivity index (χ2v) is 16.3. The second-order valence-electron chi connectivity index (χ2n) is 14.1. The van der Waals surface area contributed by atoms with E-state index in [4.69, 9.17) is 0 Å². The number of hydrogen-bond acceptors (Lipinski definition) is 2. The molecule has 0 heterocycles. The number of methoxy groups -OCH3 is 1. The van der Waals surface area contributed by atoms with Gasteiger partial charge in [0.2, 0.25) is 0 Å². The first-order chi connectivity index (χ1) is 30.7. The lowest BCUT2D eigenvalue weighted by molar-refractivity contribution is -0.0947. The fourth-order valence-corrected chi connectivity index (χ4v) is 3.64. The van der Waals surface area contributed by atoms with Gasteiger partial charge in [0.1, 0.15) is 0 Å². The van der Waals surface area contributed by atoms with Gasteiger partial charge in [0.25, 0.3) is 6.08 Å². The molecule has 1 saturated carbocycles. The average molecular weight is 970 g/mol. The molecule has 0 aromatic heterocycles. The molecule has 9 heteroatoms. The van der Waals surface area contributed by atoms with Gasteiger partial charge in [-0.3, -0.25) is 4.39 Å². The lowest BCUT2D eigenvalue weighted by Gasteiger charge is -2.28. The minimum absolute atomic E-state index is 0.329. The summed E-state index contributed by atoms with van der Waals surface area (Å²) in [5.41, 5.74) is 5.36. The molecule has 0 saturated heterocycles. The number of benzene rings is 3. The van der Waals surface area contributed by atoms with Gasteiger partial charge in [0.05, 0.1) is 12.8 Å². The normalized spacial score (nSPS) is 10.4. The van der Waals surface area contributed by atoms with Crippen molar-refractivity contribution in [2.45, 2.75) is 189 Å². The quantitative estimate of drug-likeness (QED) is 0.137. The van der Waals surface area contributed by atoms with Gasteiger partial charge in [-0.15, -0.1) is 0 Å². The van der Waals surface area contributed by atoms with Crippen molar-refractivity contribution in [3.05, 3.63) is 119 Å². The van der Waals surface area contributed by atoms with Crippen LogP contribution in [0.15, 0.2) is 103 Å². The molecule has 0 radical (unpaired) electrons. The Hall–Kier alpha value is -2.75. The Labute approximate surface area is 409 Å². The van der Waals surface area contributed by atoms with Crippen LogP contribution in [0.2, 0.25) is 13.1 Å². The van der Waals surface area contributed by atoms with Crippen LogP contribution in [0.25, 0.3) is 11.1 Å². The maximum absolute atomic E-state index is 11.2. The Morgan fingerprint density at radius 2 is 0.846 bits per heavy atom. The van der Waals surface area contributed by atoms with E-state index in [1.165, 1.54) is 72.8 Å². The van der Waals surface area contributed by atoms with Crippen LogP contribution in [0.1, 0.15) is 165 Å². The van der Waals surface area contributed by atoms with Gasteiger partial charge in [0, 0.05) is 23.7 Å². The smallest absolute Gasteiger partial charge is 0.388 e. The van der Waals surface area contributed by atoms with Gasteiger partial charge < -0.3 is 4.74 Å². The number of halogens is 6. The number of hydrogen-bond donors (Lipinski definition) is 0. The highest BCUT2D eigenvalue weighted by Gasteiger charge is 2.33. The maximum atomic E-state index is 11.2. The van der Waals surface area contributed by atoms with Crippen molar-refractivity contribution < 1.29 is 31.1 Å². The summed E-state index contributed by atoms with van der Waals surface area (Å²) in [6.07, 6.45) is 10.3. The zero-order valence-corrected chi connectivity index (χ0v) is 49.1. The van der Waals surface area contributed by atoms with Crippen molar-refractivity contribution in [2.24, 2.45) is 5.41 Å². The highest BCUT2D eigenvalue weighted by atomic mass is 32.2. The number of rotatable bonds is 1. The van der Waals surface area contributed by atoms with Crippen molar-refractivity contribution in [1.29, 1.82) is 0 Å². The summed E-state index contributed by atoms with van der Waals surface area (Å²) in [6.45, 7) is 40.4. The Morgan fingerprint density at radius 3 is 0.969 bits per heavy atom. The van der Waals surface area contributed by atoms with Gasteiger partial charge in [-0.25, -0.2) is 0 Å². The van der Waals surface area contributed by atoms with Gasteiger partial charge in [-0.2, -0.15) is 33.7 Å². The van der Waals surface area contributed by atoms with Crippen molar-refractivity contribution >= 4 is 21.3 Å². The summed E-state index contributed by atoms with van der Waals surface area (Å²) >= 11 is 1.75. The van der Waals surface area contributed by atoms with Crippen LogP contribution in [-0.2, 0) is 4.74 Å². The van der Waals surface area contributed by atoms with Gasteiger partial charge in [-0.05, 0) is 83.4 Å². The van der Waals surface area contributed by atoms with Crippen molar-refractivity contribution in [1.82, 2.24) is 0 Å². The monoisotopic (exact) mass is 969 g/mol. The molecule has 4 rings (SSSR count). The van der Waals surface area contributed by atoms with E-state index in [0.717, 1.165) is 0 Å². The highest BCUT2D eigenvalue weighted by molar-refractivity contribution is 7.97. The molecule has 0 spiro atoms. The lowest BCUT2D eigenvalue weighted by Crippen LogP contribution is -2.14. The molecule has 65 heavy (non-hydrogen) atoms. The molecular weight excluding hydrogens is 863 g/mol. The Balaban J connectivity index is -0.0000000668. The highest BCUT2D eigenvalue weighted by Crippen LogP contribution is 2.34. The predicted octanol–water partition coefficient (Wildman–Crippen LogP) is 21.2. The van der Waals surface area contributed by atoms with E-state index in [0.29, 0.717) is 29.0 Å². The van der Waals surface area contributed by atoms with Gasteiger partial charge >= 0.3 is 6.18 Å². The van der Waals surface area contributed by atoms with Crippen LogP contribution in [-0.4, -0.2) is 49.6 Å². The van der Waals surface area contributed by atoms with Crippen LogP contribution in [0, 0.1) is 26.2 Å². The molecule has 3 aromatic carbocycles. The molecule has 3 aromatic rings. The van der Waals surface area contributed by atoms with E-state index >= 15 is 0 Å². The van der Waals surface area contributed by atoms with E-state index < -0.39 is 17.8 Å². The van der Waals surface area contributed by atoms with Crippen molar-refractivity contribution in [3.63, 3.8) is 0 Å². The minimum Gasteiger partial charge on any atom is -0.388 e. The first-order valence-electron chi connectivity index (χ1n) is 23.7. The van der Waals surface area contributed by atoms with Crippen LogP contribution in [0.5, 0.6) is 0 Å². The molecule has 1 aliphatic rings. The Morgan fingerprint density at radius 1 is 0.615 bits per heavy atom. The molecule has 1 aliphatic carbocycles. The zero-order chi connectivity index (χ0) is 53.7. The fourth-order valence-electron chi connectivity index (χ4n) is 3.64. The molecule has 1 nitrogen and oxygen atoms in total. The second kappa shape index (κ2) is 72.8. The van der Waals surface area contributed by atoms with Crippen LogP contribution < -0.4 is 0 Å². The molecule has 0 atom stereocenters. The molecular formula is C56H106F6OSSi. The largest absolute Gasteiger partial charge is 0.417 e. The number of aryl methyl sites for hydroxylation is 3. The summed E-state index contributed by atoms with van der Waals surface area (Å²) in [5.74, 6) is 0. The topological polar surface area (TPSA) is 9.23 Å². The average Bonchev–Trinajstić information content (AvgIpc) is 3.29. The third kappa shape index (κ3) is 85.2. The molecule has 0 unspecified atom stereocenters. The molecule has 0 bridgehead atoms. The van der Waals surface area contributed by atoms with Crippen molar-refractivity contribution in [3.8, 4) is 11.1 Å². The predicted molar refractivity (Wildman–Crippen MR) is 297 cm³/mol. The first-order valence-corrected chi connectivity index (χ1v) is 28.2. The van der Waals surface area contributed by atoms with Crippen molar-refractivity contribution in [2.75, 3.05) is 33.9 Å². The third-order valence-corrected chi connectivity index (χ3v) is 6.63. The van der Waals surface area contributed by atoms with Gasteiger partial charge in [-0.1, -0.05) is 236 Å². The summed E-state index contributed by atoms with van der Waals surface area (Å²) in [5, 5.41) is 0. The third-order valence-electron chi connectivity index (χ3n) is 6.63. The van der Waals surface area contributed by atoms with Gasteiger partial charge in [0.15, 0.2) is 0 Å². The van der Waals surface area contributed by atoms with E-state index in [1.807, 2.05) is 98.3 Å². The van der Waals surface area contributed by atoms with Crippen LogP contribution in [0.3, 0.4) is 0 Å². The van der Waals surface area contributed by atoms with E-state index in [9.17, 15) is 26.3 Å². The number of thioether (sulfide) groups is 1. The minimum atomic E-state index is -4.89. The molecule has 388 valence electrons. The number of ether oxygens (including phenoxy) is 1. The lowest BCUT2D eigenvalue weighted by atomic mass is 9.78. The van der Waals surface area contributed by atoms with E-state index in [1.54, 1.807) is 26.0 Å². The number of allylic oxidation sites excluding steroid dienone is 3. The summed E-state index contributed by atoms with van der Waals surface area (Å²) in [7, 11) is 4.17. The molecule has 0 aliphatic heterocycles. The van der Waals surface area contributed by atoms with E-state index in [2.05, 4.69) is 141 Å². The van der Waals surface area contributed by atoms with Crippen LogP contribution in [0.4, 0.5) is 26.3 Å². The standard InChI is InChI=1S/C14H14.C8H16.C7H8.C4H3F5.C4H8.2C3H8.C2H6O.C2H6S.C2H8Si.3C2H6.CH3F/c1-11-3-7-13(8-4-11)14-9-5-12(2)6-10-14;1-8(2)6-4-3-5-7-8;1-7-5-3-2-4-6-7;1-2(3(5)6)4(7,8)9;1-3-4-2;5*1-3-2;4*1-2/h3-10H,1-2H3;3-7H2,1-2H3;2-6H,1H3;1H3;3-4H,1-2H3;2*3H2,1-2H3;2*1-2H3;3H2,1-2H3;3*1-2H3;1H3. The SMILES string of the molecule is CC.CC.CC.CC(=C(F)F)C(F)(F)F.CC1(C)CCCCC1.CC=CC.CCC.CCC.CF.COC.CSC.C[SiH2]C.Cc1ccc(-c2ccc(C)cc2)cc1.Cc1ccccc1. The Bertz CT molecular complexity index is 1190. The molecule has 1 fully saturated rings. The van der Waals surface area contributed by atoms with E-state index in [-0.39, 0.29) is 0 Å². The summed E-state index contributed by atoms with van der Waals surface area (Å²) < 4.78 is 69.4. The molecule has 0 N–H and O–H groups in total. The fraction of sp³-hybridized carbons (Fsp3) is 0.607. The maximum Gasteiger partial charge on any atom is 0.417 e. The Kier molecular flexibility index (Phi) is 95.8.